The van der Waals surface area contributed by atoms with Gasteiger partial charge in [-0.05, 0) is 17.7 Å². The van der Waals surface area contributed by atoms with Crippen LogP contribution in [0.25, 0.3) is 0 Å². The van der Waals surface area contributed by atoms with Crippen LogP contribution >= 0.6 is 11.8 Å². The second kappa shape index (κ2) is 5.33. The number of carbonyl (C=O) groups excluding carboxylic acids is 1. The summed E-state index contributed by atoms with van der Waals surface area (Å²) in [5, 5.41) is 0.553. The van der Waals surface area contributed by atoms with Crippen molar-refractivity contribution in [2.45, 2.75) is 29.4 Å². The van der Waals surface area contributed by atoms with Gasteiger partial charge in [0, 0.05) is 10.1 Å². The topological polar surface area (TPSA) is 35.5 Å². The van der Waals surface area contributed by atoms with Crippen LogP contribution in [0.4, 0.5) is 0 Å². The average Bonchev–Trinajstić information content (AvgIpc) is 2.29. The standard InChI is InChI=1S/C14H18O3S/c1-10(2)18-12-6-4-11(5-7-12)14(8-17-9-14)13(15)16-3/h4-7,10H,8-9H2,1-3H3. The highest BCUT2D eigenvalue weighted by Gasteiger charge is 2.48. The van der Waals surface area contributed by atoms with E-state index in [0.717, 1.165) is 5.56 Å². The molecule has 1 fully saturated rings. The first-order chi connectivity index (χ1) is 8.58. The van der Waals surface area contributed by atoms with Crippen LogP contribution < -0.4 is 0 Å². The Kier molecular flexibility index (Phi) is 3.97. The zero-order valence-corrected chi connectivity index (χ0v) is 11.8. The molecule has 0 atom stereocenters. The van der Waals surface area contributed by atoms with Gasteiger partial charge in [0.05, 0.1) is 20.3 Å². The molecule has 1 aliphatic rings. The smallest absolute Gasteiger partial charge is 0.321 e. The van der Waals surface area contributed by atoms with Gasteiger partial charge in [-0.1, -0.05) is 26.0 Å². The van der Waals surface area contributed by atoms with Gasteiger partial charge in [0.1, 0.15) is 5.41 Å². The monoisotopic (exact) mass is 266 g/mol. The normalized spacial score (nSPS) is 17.3. The molecular weight excluding hydrogens is 248 g/mol. The summed E-state index contributed by atoms with van der Waals surface area (Å²) in [6.45, 7) is 5.15. The Balaban J connectivity index is 2.20. The molecule has 1 heterocycles. The van der Waals surface area contributed by atoms with Crippen molar-refractivity contribution >= 4 is 17.7 Å². The van der Waals surface area contributed by atoms with E-state index in [1.165, 1.54) is 12.0 Å². The van der Waals surface area contributed by atoms with Crippen LogP contribution in [0.3, 0.4) is 0 Å². The lowest BCUT2D eigenvalue weighted by Crippen LogP contribution is -2.53. The largest absolute Gasteiger partial charge is 0.468 e. The van der Waals surface area contributed by atoms with E-state index < -0.39 is 5.41 Å². The molecule has 0 unspecified atom stereocenters. The van der Waals surface area contributed by atoms with E-state index in [4.69, 9.17) is 9.47 Å². The fourth-order valence-electron chi connectivity index (χ4n) is 2.03. The molecule has 4 heteroatoms. The molecule has 18 heavy (non-hydrogen) atoms. The fraction of sp³-hybridized carbons (Fsp3) is 0.500. The van der Waals surface area contributed by atoms with E-state index in [1.807, 2.05) is 23.9 Å². The molecule has 1 aromatic carbocycles. The van der Waals surface area contributed by atoms with Crippen LogP contribution in [0.15, 0.2) is 29.2 Å². The van der Waals surface area contributed by atoms with Gasteiger partial charge in [-0.2, -0.15) is 0 Å². The number of ether oxygens (including phenoxy) is 2. The van der Waals surface area contributed by atoms with Crippen LogP contribution in [0, 0.1) is 0 Å². The minimum atomic E-state index is -0.588. The molecule has 0 aliphatic carbocycles. The number of methoxy groups -OCH3 is 1. The second-order valence-electron chi connectivity index (χ2n) is 4.76. The van der Waals surface area contributed by atoms with Crippen molar-refractivity contribution in [1.82, 2.24) is 0 Å². The molecule has 1 aliphatic heterocycles. The van der Waals surface area contributed by atoms with Gasteiger partial charge in [0.2, 0.25) is 0 Å². The van der Waals surface area contributed by atoms with Crippen LogP contribution in [0.2, 0.25) is 0 Å². The number of benzene rings is 1. The van der Waals surface area contributed by atoms with Gasteiger partial charge in [-0.3, -0.25) is 4.79 Å². The highest BCUT2D eigenvalue weighted by Crippen LogP contribution is 2.35. The van der Waals surface area contributed by atoms with Crippen LogP contribution in [0.1, 0.15) is 19.4 Å². The predicted molar refractivity (Wildman–Crippen MR) is 71.9 cm³/mol. The zero-order chi connectivity index (χ0) is 13.2. The van der Waals surface area contributed by atoms with Crippen molar-refractivity contribution in [1.29, 1.82) is 0 Å². The van der Waals surface area contributed by atoms with E-state index in [1.54, 1.807) is 0 Å². The molecule has 0 bridgehead atoms. The minimum absolute atomic E-state index is 0.210. The first-order valence-corrected chi connectivity index (χ1v) is 6.90. The fourth-order valence-corrected chi connectivity index (χ4v) is 2.87. The van der Waals surface area contributed by atoms with Gasteiger partial charge in [0.15, 0.2) is 0 Å². The average molecular weight is 266 g/mol. The van der Waals surface area contributed by atoms with Gasteiger partial charge < -0.3 is 9.47 Å². The minimum Gasteiger partial charge on any atom is -0.468 e. The zero-order valence-electron chi connectivity index (χ0n) is 10.9. The lowest BCUT2D eigenvalue weighted by molar-refractivity contribution is -0.166. The first-order valence-electron chi connectivity index (χ1n) is 6.02. The third kappa shape index (κ3) is 2.40. The summed E-state index contributed by atoms with van der Waals surface area (Å²) < 4.78 is 10.1. The van der Waals surface area contributed by atoms with E-state index in [9.17, 15) is 4.79 Å². The molecule has 0 saturated carbocycles. The Bertz CT molecular complexity index is 421. The van der Waals surface area contributed by atoms with Crippen molar-refractivity contribution in [3.05, 3.63) is 29.8 Å². The van der Waals surface area contributed by atoms with Crippen LogP contribution in [-0.4, -0.2) is 31.5 Å². The first kappa shape index (κ1) is 13.4. The maximum Gasteiger partial charge on any atom is 0.321 e. The molecule has 3 nitrogen and oxygen atoms in total. The third-order valence-electron chi connectivity index (χ3n) is 3.05. The van der Waals surface area contributed by atoms with Crippen LogP contribution in [0.5, 0.6) is 0 Å². The van der Waals surface area contributed by atoms with Crippen molar-refractivity contribution in [3.63, 3.8) is 0 Å². The van der Waals surface area contributed by atoms with Crippen molar-refractivity contribution in [2.75, 3.05) is 20.3 Å². The quantitative estimate of drug-likeness (QED) is 0.620. The summed E-state index contributed by atoms with van der Waals surface area (Å²) in [4.78, 5) is 13.1. The van der Waals surface area contributed by atoms with E-state index in [2.05, 4.69) is 26.0 Å². The molecule has 2 rings (SSSR count). The summed E-state index contributed by atoms with van der Waals surface area (Å²) in [5.74, 6) is -0.210. The summed E-state index contributed by atoms with van der Waals surface area (Å²) in [7, 11) is 1.42. The van der Waals surface area contributed by atoms with Crippen LogP contribution in [-0.2, 0) is 19.7 Å². The highest BCUT2D eigenvalue weighted by molar-refractivity contribution is 7.99. The van der Waals surface area contributed by atoms with Gasteiger partial charge in [-0.25, -0.2) is 0 Å². The SMILES string of the molecule is COC(=O)C1(c2ccc(SC(C)C)cc2)COC1. The van der Waals surface area contributed by atoms with E-state index in [-0.39, 0.29) is 5.97 Å². The lowest BCUT2D eigenvalue weighted by Gasteiger charge is -2.38. The van der Waals surface area contributed by atoms with Crippen molar-refractivity contribution in [2.24, 2.45) is 0 Å². The second-order valence-corrected chi connectivity index (χ2v) is 6.41. The highest BCUT2D eigenvalue weighted by atomic mass is 32.2. The molecule has 0 amide bonds. The Labute approximate surface area is 112 Å². The van der Waals surface area contributed by atoms with E-state index in [0.29, 0.717) is 18.5 Å². The maximum atomic E-state index is 11.9. The molecule has 1 saturated heterocycles. The number of esters is 1. The number of rotatable bonds is 4. The number of hydrogen-bond donors (Lipinski definition) is 0. The summed E-state index contributed by atoms with van der Waals surface area (Å²) in [6, 6.07) is 8.13. The predicted octanol–water partition coefficient (Wildman–Crippen LogP) is 2.63. The Morgan fingerprint density at radius 1 is 1.33 bits per heavy atom. The molecule has 98 valence electrons. The van der Waals surface area contributed by atoms with Gasteiger partial charge >= 0.3 is 5.97 Å². The summed E-state index contributed by atoms with van der Waals surface area (Å²) in [5.41, 5.74) is 0.393. The van der Waals surface area contributed by atoms with Gasteiger partial charge in [0.25, 0.3) is 0 Å². The molecule has 1 aromatic rings. The maximum absolute atomic E-state index is 11.9. The molecule has 0 N–H and O–H groups in total. The number of carbonyl (C=O) groups is 1. The number of hydrogen-bond acceptors (Lipinski definition) is 4. The van der Waals surface area contributed by atoms with Gasteiger partial charge in [-0.15, -0.1) is 11.8 Å². The third-order valence-corrected chi connectivity index (χ3v) is 4.07. The Morgan fingerprint density at radius 3 is 2.33 bits per heavy atom. The Morgan fingerprint density at radius 2 is 1.94 bits per heavy atom. The molecule has 0 aromatic heterocycles. The Hall–Kier alpha value is -1.00. The lowest BCUT2D eigenvalue weighted by atomic mass is 9.79. The summed E-state index contributed by atoms with van der Waals surface area (Å²) >= 11 is 1.81. The van der Waals surface area contributed by atoms with E-state index >= 15 is 0 Å². The molecule has 0 radical (unpaired) electrons. The van der Waals surface area contributed by atoms with Crippen molar-refractivity contribution < 1.29 is 14.3 Å². The molecular formula is C14H18O3S. The summed E-state index contributed by atoms with van der Waals surface area (Å²) in [6.07, 6.45) is 0. The van der Waals surface area contributed by atoms with Crippen molar-refractivity contribution in [3.8, 4) is 0 Å². The number of thioether (sulfide) groups is 1. The molecule has 0 spiro atoms.